The van der Waals surface area contributed by atoms with Crippen LogP contribution in [0.5, 0.6) is 0 Å². The van der Waals surface area contributed by atoms with E-state index in [1.54, 1.807) is 18.2 Å². The maximum Gasteiger partial charge on any atom is 0.132 e. The van der Waals surface area contributed by atoms with E-state index in [1.807, 2.05) is 32.9 Å². The van der Waals surface area contributed by atoms with E-state index in [0.717, 1.165) is 11.1 Å². The summed E-state index contributed by atoms with van der Waals surface area (Å²) in [5.41, 5.74) is 3.32. The molecule has 0 bridgehead atoms. The smallest absolute Gasteiger partial charge is 0.132 e. The van der Waals surface area contributed by atoms with Crippen molar-refractivity contribution in [1.29, 1.82) is 5.26 Å². The van der Waals surface area contributed by atoms with Crippen molar-refractivity contribution in [2.24, 2.45) is 0 Å². The van der Waals surface area contributed by atoms with Crippen LogP contribution in [0.4, 0.5) is 4.39 Å². The number of halogens is 1. The monoisotopic (exact) mass is 254 g/mol. The minimum Gasteiger partial charge on any atom is -0.254 e. The van der Waals surface area contributed by atoms with Crippen molar-refractivity contribution in [3.05, 3.63) is 53.0 Å². The zero-order chi connectivity index (χ0) is 14.0. The first-order valence-electron chi connectivity index (χ1n) is 6.19. The first kappa shape index (κ1) is 13.2. The molecule has 0 N–H and O–H groups in total. The maximum atomic E-state index is 14.2. The van der Waals surface area contributed by atoms with Gasteiger partial charge in [-0.2, -0.15) is 5.26 Å². The normalized spacial score (nSPS) is 10.5. The van der Waals surface area contributed by atoms with E-state index < -0.39 is 0 Å². The molecule has 0 radical (unpaired) electrons. The molecule has 96 valence electrons. The zero-order valence-corrected chi connectivity index (χ0v) is 11.2. The van der Waals surface area contributed by atoms with Crippen LogP contribution in [-0.4, -0.2) is 4.98 Å². The Kier molecular flexibility index (Phi) is 3.62. The summed E-state index contributed by atoms with van der Waals surface area (Å²) < 4.78 is 14.2. The topological polar surface area (TPSA) is 36.7 Å². The third-order valence-electron chi connectivity index (χ3n) is 3.12. The van der Waals surface area contributed by atoms with E-state index in [0.29, 0.717) is 22.7 Å². The number of pyridine rings is 1. The van der Waals surface area contributed by atoms with Crippen LogP contribution in [0, 0.1) is 24.1 Å². The number of hydrogen-bond acceptors (Lipinski definition) is 2. The van der Waals surface area contributed by atoms with Crippen LogP contribution in [0.2, 0.25) is 0 Å². The largest absolute Gasteiger partial charge is 0.254 e. The van der Waals surface area contributed by atoms with Gasteiger partial charge in [-0.25, -0.2) is 4.39 Å². The van der Waals surface area contributed by atoms with Crippen molar-refractivity contribution < 1.29 is 4.39 Å². The predicted molar refractivity (Wildman–Crippen MR) is 73.2 cm³/mol. The van der Waals surface area contributed by atoms with Crippen molar-refractivity contribution in [3.63, 3.8) is 0 Å². The van der Waals surface area contributed by atoms with Crippen molar-refractivity contribution in [2.75, 3.05) is 0 Å². The molecule has 2 nitrogen and oxygen atoms in total. The molecule has 1 aromatic carbocycles. The summed E-state index contributed by atoms with van der Waals surface area (Å²) in [5, 5.41) is 8.81. The van der Waals surface area contributed by atoms with Crippen LogP contribution in [0.1, 0.15) is 36.5 Å². The van der Waals surface area contributed by atoms with Gasteiger partial charge in [-0.05, 0) is 42.2 Å². The van der Waals surface area contributed by atoms with Crippen molar-refractivity contribution in [3.8, 4) is 17.3 Å². The second kappa shape index (κ2) is 5.19. The number of rotatable bonds is 2. The van der Waals surface area contributed by atoms with Crippen LogP contribution in [-0.2, 0) is 0 Å². The lowest BCUT2D eigenvalue weighted by atomic mass is 9.98. The van der Waals surface area contributed by atoms with Gasteiger partial charge in [0.1, 0.15) is 11.9 Å². The van der Waals surface area contributed by atoms with E-state index >= 15 is 0 Å². The highest BCUT2D eigenvalue weighted by Crippen LogP contribution is 2.27. The second-order valence-corrected chi connectivity index (χ2v) is 4.90. The summed E-state index contributed by atoms with van der Waals surface area (Å²) in [6, 6.07) is 8.98. The lowest BCUT2D eigenvalue weighted by Gasteiger charge is -2.10. The van der Waals surface area contributed by atoms with Gasteiger partial charge >= 0.3 is 0 Å². The highest BCUT2D eigenvalue weighted by molar-refractivity contribution is 5.64. The summed E-state index contributed by atoms with van der Waals surface area (Å²) in [4.78, 5) is 4.19. The Labute approximate surface area is 112 Å². The molecule has 0 aliphatic rings. The van der Waals surface area contributed by atoms with Gasteiger partial charge in [-0.1, -0.05) is 19.9 Å². The lowest BCUT2D eigenvalue weighted by Crippen LogP contribution is -1.95. The number of benzene rings is 1. The molecule has 0 saturated heterocycles. The Morgan fingerprint density at radius 2 is 2.00 bits per heavy atom. The molecule has 0 saturated carbocycles. The molecule has 0 fully saturated rings. The minimum atomic E-state index is -0.272. The van der Waals surface area contributed by atoms with Gasteiger partial charge in [-0.15, -0.1) is 0 Å². The van der Waals surface area contributed by atoms with Gasteiger partial charge in [0.05, 0.1) is 11.3 Å². The average Bonchev–Trinajstić information content (AvgIpc) is 2.39. The molecule has 0 unspecified atom stereocenters. The molecule has 3 heteroatoms. The van der Waals surface area contributed by atoms with Crippen LogP contribution in [0.25, 0.3) is 11.3 Å². The average molecular weight is 254 g/mol. The third kappa shape index (κ3) is 2.63. The molecular formula is C16H15FN2. The molecule has 0 aliphatic carbocycles. The minimum absolute atomic E-state index is 0.272. The highest BCUT2D eigenvalue weighted by atomic mass is 19.1. The number of hydrogen-bond donors (Lipinski definition) is 0. The molecule has 0 amide bonds. The van der Waals surface area contributed by atoms with E-state index in [2.05, 4.69) is 4.98 Å². The number of nitrogens with zero attached hydrogens (tertiary/aromatic N) is 2. The molecule has 0 spiro atoms. The Balaban J connectivity index is 2.51. The van der Waals surface area contributed by atoms with Crippen molar-refractivity contribution in [2.45, 2.75) is 26.7 Å². The number of aromatic nitrogens is 1. The van der Waals surface area contributed by atoms with Gasteiger partial charge in [0.15, 0.2) is 0 Å². The van der Waals surface area contributed by atoms with Gasteiger partial charge in [-0.3, -0.25) is 4.98 Å². The van der Waals surface area contributed by atoms with Gasteiger partial charge in [0.25, 0.3) is 0 Å². The summed E-state index contributed by atoms with van der Waals surface area (Å²) in [6.07, 6.45) is 1.47. The first-order valence-corrected chi connectivity index (χ1v) is 6.19. The van der Waals surface area contributed by atoms with Gasteiger partial charge in [0.2, 0.25) is 0 Å². The Bertz CT molecular complexity index is 654. The molecule has 19 heavy (non-hydrogen) atoms. The van der Waals surface area contributed by atoms with E-state index in [1.165, 1.54) is 6.20 Å². The Morgan fingerprint density at radius 1 is 1.26 bits per heavy atom. The van der Waals surface area contributed by atoms with Gasteiger partial charge < -0.3 is 0 Å². The van der Waals surface area contributed by atoms with Crippen LogP contribution >= 0.6 is 0 Å². The molecule has 1 heterocycles. The van der Waals surface area contributed by atoms with E-state index in [9.17, 15) is 4.39 Å². The zero-order valence-electron chi connectivity index (χ0n) is 11.2. The maximum absolute atomic E-state index is 14.2. The van der Waals surface area contributed by atoms with Crippen LogP contribution < -0.4 is 0 Å². The molecule has 2 rings (SSSR count). The molecule has 1 aromatic heterocycles. The number of nitriles is 1. The SMILES string of the molecule is Cc1cc(C#N)cnc1-c1ccc(C(C)C)cc1F. The first-order chi connectivity index (χ1) is 9.02. The Morgan fingerprint density at radius 3 is 2.53 bits per heavy atom. The molecule has 0 aliphatic heterocycles. The highest BCUT2D eigenvalue weighted by Gasteiger charge is 2.11. The van der Waals surface area contributed by atoms with Crippen molar-refractivity contribution >= 4 is 0 Å². The third-order valence-corrected chi connectivity index (χ3v) is 3.12. The summed E-state index contributed by atoms with van der Waals surface area (Å²) in [5.74, 6) is 0.0186. The predicted octanol–water partition coefficient (Wildman–Crippen LogP) is 4.19. The quantitative estimate of drug-likeness (QED) is 0.805. The standard InChI is InChI=1S/C16H15FN2/c1-10(2)13-4-5-14(15(17)7-13)16-11(3)6-12(8-18)9-19-16/h4-7,9-10H,1-3H3. The number of aryl methyl sites for hydroxylation is 1. The Hall–Kier alpha value is -2.21. The van der Waals surface area contributed by atoms with Gasteiger partial charge in [0, 0.05) is 11.8 Å². The second-order valence-electron chi connectivity index (χ2n) is 4.90. The molecular weight excluding hydrogens is 239 g/mol. The molecule has 0 atom stereocenters. The fraction of sp³-hybridized carbons (Fsp3) is 0.250. The summed E-state index contributed by atoms with van der Waals surface area (Å²) >= 11 is 0. The lowest BCUT2D eigenvalue weighted by molar-refractivity contribution is 0.626. The fourth-order valence-corrected chi connectivity index (χ4v) is 2.00. The van der Waals surface area contributed by atoms with Crippen LogP contribution in [0.3, 0.4) is 0 Å². The van der Waals surface area contributed by atoms with E-state index in [-0.39, 0.29) is 5.82 Å². The summed E-state index contributed by atoms with van der Waals surface area (Å²) in [6.45, 7) is 5.89. The fourth-order valence-electron chi connectivity index (χ4n) is 2.00. The summed E-state index contributed by atoms with van der Waals surface area (Å²) in [7, 11) is 0. The van der Waals surface area contributed by atoms with Crippen molar-refractivity contribution in [1.82, 2.24) is 4.98 Å². The molecule has 2 aromatic rings. The van der Waals surface area contributed by atoms with E-state index in [4.69, 9.17) is 5.26 Å². The van der Waals surface area contributed by atoms with Crippen LogP contribution in [0.15, 0.2) is 30.5 Å².